The zero-order valence-electron chi connectivity index (χ0n) is 13.9. The third-order valence-corrected chi connectivity index (χ3v) is 5.10. The van der Waals surface area contributed by atoms with Crippen LogP contribution in [-0.2, 0) is 21.5 Å². The van der Waals surface area contributed by atoms with Crippen LogP contribution in [0.15, 0.2) is 46.9 Å². The molecule has 3 rings (SSSR count). The molecular weight excluding hydrogens is 389 g/mol. The van der Waals surface area contributed by atoms with Gasteiger partial charge in [0.25, 0.3) is 0 Å². The van der Waals surface area contributed by atoms with Gasteiger partial charge in [0.1, 0.15) is 11.6 Å². The lowest BCUT2D eigenvalue weighted by Crippen LogP contribution is -2.36. The Morgan fingerprint density at radius 3 is 2.52 bits per heavy atom. The third-order valence-electron chi connectivity index (χ3n) is 4.58. The number of carbonyl (C=O) groups excluding carboxylic acids is 2. The maximum atomic E-state index is 13.6. The summed E-state index contributed by atoms with van der Waals surface area (Å²) in [6.07, 6.45) is 0.0884. The first-order chi connectivity index (χ1) is 11.8. The molecule has 1 heterocycles. The van der Waals surface area contributed by atoms with E-state index in [0.29, 0.717) is 11.3 Å². The van der Waals surface area contributed by atoms with E-state index in [1.54, 1.807) is 6.92 Å². The second kappa shape index (κ2) is 6.59. The summed E-state index contributed by atoms with van der Waals surface area (Å²) < 4.78 is 19.7. The van der Waals surface area contributed by atoms with E-state index in [2.05, 4.69) is 15.9 Å². The number of benzene rings is 2. The molecule has 1 fully saturated rings. The summed E-state index contributed by atoms with van der Waals surface area (Å²) in [6, 6.07) is 11.4. The molecule has 0 aliphatic carbocycles. The molecule has 1 atom stereocenters. The highest BCUT2D eigenvalue weighted by molar-refractivity contribution is 9.10. The van der Waals surface area contributed by atoms with Crippen molar-refractivity contribution in [1.82, 2.24) is 4.90 Å². The van der Waals surface area contributed by atoms with Crippen molar-refractivity contribution in [3.8, 4) is 5.75 Å². The van der Waals surface area contributed by atoms with Gasteiger partial charge in [0.15, 0.2) is 0 Å². The molecule has 0 radical (unpaired) electrons. The molecule has 1 saturated heterocycles. The number of carbonyl (C=O) groups is 2. The predicted molar refractivity (Wildman–Crippen MR) is 94.6 cm³/mol. The zero-order chi connectivity index (χ0) is 18.2. The highest BCUT2D eigenvalue weighted by Gasteiger charge is 2.49. The Balaban J connectivity index is 1.92. The molecule has 0 bridgehead atoms. The van der Waals surface area contributed by atoms with Crippen molar-refractivity contribution in [1.29, 1.82) is 0 Å². The van der Waals surface area contributed by atoms with Crippen LogP contribution in [0.1, 0.15) is 24.5 Å². The lowest BCUT2D eigenvalue weighted by Gasteiger charge is -2.23. The summed E-state index contributed by atoms with van der Waals surface area (Å²) in [6.45, 7) is 1.75. The minimum Gasteiger partial charge on any atom is -0.496 e. The van der Waals surface area contributed by atoms with Crippen LogP contribution in [0.25, 0.3) is 0 Å². The van der Waals surface area contributed by atoms with E-state index < -0.39 is 11.2 Å². The number of methoxy groups -OCH3 is 1. The molecule has 0 aromatic heterocycles. The molecule has 130 valence electrons. The summed E-state index contributed by atoms with van der Waals surface area (Å²) in [4.78, 5) is 26.6. The number of likely N-dealkylation sites (tertiary alicyclic amines) is 1. The topological polar surface area (TPSA) is 46.6 Å². The molecule has 0 unspecified atom stereocenters. The van der Waals surface area contributed by atoms with Crippen molar-refractivity contribution in [2.24, 2.45) is 0 Å². The van der Waals surface area contributed by atoms with Crippen molar-refractivity contribution >= 4 is 27.7 Å². The summed E-state index contributed by atoms with van der Waals surface area (Å²) in [5, 5.41) is 0. The number of hydrogen-bond donors (Lipinski definition) is 0. The molecule has 2 aromatic carbocycles. The number of halogens is 2. The fourth-order valence-corrected chi connectivity index (χ4v) is 3.39. The molecule has 1 aliphatic rings. The fourth-order valence-electron chi connectivity index (χ4n) is 3.13. The van der Waals surface area contributed by atoms with Crippen LogP contribution in [0.5, 0.6) is 5.75 Å². The van der Waals surface area contributed by atoms with Gasteiger partial charge in [-0.2, -0.15) is 0 Å². The second-order valence-electron chi connectivity index (χ2n) is 6.26. The number of imide groups is 1. The molecule has 2 aromatic rings. The van der Waals surface area contributed by atoms with E-state index in [0.717, 1.165) is 10.0 Å². The normalized spacial score (nSPS) is 20.2. The first-order valence-electron chi connectivity index (χ1n) is 7.78. The van der Waals surface area contributed by atoms with Crippen molar-refractivity contribution < 1.29 is 18.7 Å². The van der Waals surface area contributed by atoms with E-state index in [9.17, 15) is 14.0 Å². The SMILES string of the molecule is COc1ccc(F)cc1CN1C(=O)C[C@](C)(c2ccc(Br)cc2)C1=O. The Kier molecular flexibility index (Phi) is 4.64. The number of hydrogen-bond acceptors (Lipinski definition) is 3. The van der Waals surface area contributed by atoms with Crippen molar-refractivity contribution in [2.75, 3.05) is 7.11 Å². The van der Waals surface area contributed by atoms with E-state index in [-0.39, 0.29) is 24.8 Å². The molecule has 0 N–H and O–H groups in total. The van der Waals surface area contributed by atoms with Gasteiger partial charge in [-0.1, -0.05) is 28.1 Å². The van der Waals surface area contributed by atoms with E-state index in [4.69, 9.17) is 4.74 Å². The van der Waals surface area contributed by atoms with Gasteiger partial charge in [0.05, 0.1) is 19.1 Å². The molecule has 25 heavy (non-hydrogen) atoms. The first kappa shape index (κ1) is 17.6. The Morgan fingerprint density at radius 1 is 1.20 bits per heavy atom. The monoisotopic (exact) mass is 405 g/mol. The zero-order valence-corrected chi connectivity index (χ0v) is 15.5. The van der Waals surface area contributed by atoms with Gasteiger partial charge < -0.3 is 4.74 Å². The molecule has 0 spiro atoms. The molecule has 6 heteroatoms. The lowest BCUT2D eigenvalue weighted by atomic mass is 9.81. The van der Waals surface area contributed by atoms with E-state index >= 15 is 0 Å². The third kappa shape index (κ3) is 3.18. The fraction of sp³-hybridized carbons (Fsp3) is 0.263. The largest absolute Gasteiger partial charge is 0.496 e. The number of rotatable bonds is 4. The Labute approximate surface area is 153 Å². The second-order valence-corrected chi connectivity index (χ2v) is 7.17. The minimum atomic E-state index is -0.918. The van der Waals surface area contributed by atoms with Gasteiger partial charge in [0, 0.05) is 16.5 Å². The summed E-state index contributed by atoms with van der Waals surface area (Å²) in [5.74, 6) is -0.558. The van der Waals surface area contributed by atoms with Gasteiger partial charge in [-0.15, -0.1) is 0 Å². The summed E-state index contributed by atoms with van der Waals surface area (Å²) in [5.41, 5.74) is 0.324. The van der Waals surface area contributed by atoms with E-state index in [1.807, 2.05) is 24.3 Å². The standard InChI is InChI=1S/C19H17BrFNO3/c1-19(13-3-5-14(20)6-4-13)10-17(23)22(18(19)24)11-12-9-15(21)7-8-16(12)25-2/h3-9H,10-11H2,1-2H3/t19-/m1/s1. The molecular formula is C19H17BrFNO3. The van der Waals surface area contributed by atoms with Crippen LogP contribution in [0, 0.1) is 5.82 Å². The Bertz CT molecular complexity index is 837. The lowest BCUT2D eigenvalue weighted by molar-refractivity contribution is -0.140. The van der Waals surface area contributed by atoms with Crippen molar-refractivity contribution in [3.05, 3.63) is 63.9 Å². The van der Waals surface area contributed by atoms with Gasteiger partial charge in [-0.25, -0.2) is 4.39 Å². The highest BCUT2D eigenvalue weighted by atomic mass is 79.9. The van der Waals surface area contributed by atoms with Crippen LogP contribution in [0.2, 0.25) is 0 Å². The Hall–Kier alpha value is -2.21. The van der Waals surface area contributed by atoms with Gasteiger partial charge in [0.2, 0.25) is 11.8 Å². The summed E-state index contributed by atoms with van der Waals surface area (Å²) >= 11 is 3.37. The smallest absolute Gasteiger partial charge is 0.240 e. The molecule has 4 nitrogen and oxygen atoms in total. The Morgan fingerprint density at radius 2 is 1.88 bits per heavy atom. The van der Waals surface area contributed by atoms with Crippen molar-refractivity contribution in [2.45, 2.75) is 25.3 Å². The quantitative estimate of drug-likeness (QED) is 0.726. The van der Waals surface area contributed by atoms with Crippen LogP contribution in [-0.4, -0.2) is 23.8 Å². The van der Waals surface area contributed by atoms with Crippen LogP contribution in [0.3, 0.4) is 0 Å². The van der Waals surface area contributed by atoms with Crippen LogP contribution < -0.4 is 4.74 Å². The van der Waals surface area contributed by atoms with Crippen molar-refractivity contribution in [3.63, 3.8) is 0 Å². The maximum absolute atomic E-state index is 13.6. The average molecular weight is 406 g/mol. The van der Waals surface area contributed by atoms with Gasteiger partial charge in [-0.3, -0.25) is 14.5 Å². The molecule has 0 saturated carbocycles. The van der Waals surface area contributed by atoms with E-state index in [1.165, 1.54) is 30.2 Å². The first-order valence-corrected chi connectivity index (χ1v) is 8.58. The van der Waals surface area contributed by atoms with Crippen LogP contribution in [0.4, 0.5) is 4.39 Å². The number of amides is 2. The van der Waals surface area contributed by atoms with Gasteiger partial charge >= 0.3 is 0 Å². The maximum Gasteiger partial charge on any atom is 0.240 e. The number of nitrogens with zero attached hydrogens (tertiary/aromatic N) is 1. The minimum absolute atomic E-state index is 0.00921. The predicted octanol–water partition coefficient (Wildman–Crippen LogP) is 3.81. The summed E-state index contributed by atoms with van der Waals surface area (Å²) in [7, 11) is 1.47. The molecule has 1 aliphatic heterocycles. The average Bonchev–Trinajstić information content (AvgIpc) is 2.80. The van der Waals surface area contributed by atoms with Gasteiger partial charge in [-0.05, 0) is 42.8 Å². The highest BCUT2D eigenvalue weighted by Crippen LogP contribution is 2.38. The van der Waals surface area contributed by atoms with Crippen LogP contribution >= 0.6 is 15.9 Å². The molecule has 2 amide bonds. The number of ether oxygens (including phenoxy) is 1.